The molecular formula is C25H31N3O4. The van der Waals surface area contributed by atoms with Crippen LogP contribution in [0.15, 0.2) is 48.5 Å². The van der Waals surface area contributed by atoms with E-state index in [0.29, 0.717) is 18.8 Å². The minimum absolute atomic E-state index is 0.0424. The zero-order chi connectivity index (χ0) is 22.5. The van der Waals surface area contributed by atoms with Gasteiger partial charge in [-0.1, -0.05) is 24.3 Å². The van der Waals surface area contributed by atoms with Crippen molar-refractivity contribution in [2.75, 3.05) is 45.3 Å². The van der Waals surface area contributed by atoms with Crippen molar-refractivity contribution in [3.8, 4) is 11.5 Å². The van der Waals surface area contributed by atoms with Crippen LogP contribution in [0.5, 0.6) is 11.5 Å². The number of nitrogens with zero attached hydrogens (tertiary/aromatic N) is 2. The molecule has 2 aliphatic rings. The molecule has 2 amide bonds. The molecule has 0 radical (unpaired) electrons. The molecule has 2 fully saturated rings. The van der Waals surface area contributed by atoms with Gasteiger partial charge in [0.05, 0.1) is 26.2 Å². The fourth-order valence-electron chi connectivity index (χ4n) is 4.68. The molecule has 7 heteroatoms. The molecule has 32 heavy (non-hydrogen) atoms. The maximum Gasteiger partial charge on any atom is 0.227 e. The van der Waals surface area contributed by atoms with E-state index in [0.717, 1.165) is 42.9 Å². The quantitative estimate of drug-likeness (QED) is 0.688. The summed E-state index contributed by atoms with van der Waals surface area (Å²) in [6, 6.07) is 15.4. The molecule has 170 valence electrons. The van der Waals surface area contributed by atoms with Gasteiger partial charge in [-0.2, -0.15) is 0 Å². The van der Waals surface area contributed by atoms with Gasteiger partial charge in [0.1, 0.15) is 11.5 Å². The number of hydrogen-bond acceptors (Lipinski definition) is 5. The SMILES string of the molecule is COc1cccc(N2CC(C(=O)NCC(c3ccccc3OC)N3CCCC3)CC2=O)c1. The van der Waals surface area contributed by atoms with E-state index >= 15 is 0 Å². The summed E-state index contributed by atoms with van der Waals surface area (Å²) in [5.41, 5.74) is 1.84. The summed E-state index contributed by atoms with van der Waals surface area (Å²) in [6.45, 7) is 2.87. The molecule has 2 atom stereocenters. The van der Waals surface area contributed by atoms with Crippen LogP contribution in [0.3, 0.4) is 0 Å². The van der Waals surface area contributed by atoms with Crippen molar-refractivity contribution in [1.82, 2.24) is 10.2 Å². The van der Waals surface area contributed by atoms with E-state index in [-0.39, 0.29) is 30.2 Å². The number of para-hydroxylation sites is 1. The number of ether oxygens (including phenoxy) is 2. The molecule has 2 aromatic rings. The van der Waals surface area contributed by atoms with Crippen LogP contribution in [0.1, 0.15) is 30.9 Å². The average molecular weight is 438 g/mol. The van der Waals surface area contributed by atoms with Crippen LogP contribution in [0, 0.1) is 5.92 Å². The van der Waals surface area contributed by atoms with Gasteiger partial charge in [-0.15, -0.1) is 0 Å². The molecule has 4 rings (SSSR count). The number of likely N-dealkylation sites (tertiary alicyclic amines) is 1. The van der Waals surface area contributed by atoms with Crippen LogP contribution in [-0.4, -0.2) is 57.1 Å². The summed E-state index contributed by atoms with van der Waals surface area (Å²) in [7, 11) is 3.27. The minimum Gasteiger partial charge on any atom is -0.497 e. The predicted octanol–water partition coefficient (Wildman–Crippen LogP) is 3.01. The van der Waals surface area contributed by atoms with E-state index in [1.165, 1.54) is 0 Å². The first-order valence-corrected chi connectivity index (χ1v) is 11.2. The third-order valence-corrected chi connectivity index (χ3v) is 6.41. The largest absolute Gasteiger partial charge is 0.497 e. The Labute approximate surface area is 189 Å². The van der Waals surface area contributed by atoms with E-state index in [9.17, 15) is 9.59 Å². The maximum absolute atomic E-state index is 13.0. The summed E-state index contributed by atoms with van der Waals surface area (Å²) in [5.74, 6) is 1.03. The zero-order valence-corrected chi connectivity index (χ0v) is 18.8. The van der Waals surface area contributed by atoms with Crippen LogP contribution in [0.4, 0.5) is 5.69 Å². The van der Waals surface area contributed by atoms with Crippen molar-refractivity contribution in [3.05, 3.63) is 54.1 Å². The van der Waals surface area contributed by atoms with Gasteiger partial charge in [0.25, 0.3) is 0 Å². The van der Waals surface area contributed by atoms with Crippen LogP contribution in [0.25, 0.3) is 0 Å². The smallest absolute Gasteiger partial charge is 0.227 e. The molecule has 7 nitrogen and oxygen atoms in total. The molecule has 2 aromatic carbocycles. The Hall–Kier alpha value is -3.06. The van der Waals surface area contributed by atoms with Gasteiger partial charge in [0, 0.05) is 36.8 Å². The fourth-order valence-corrected chi connectivity index (χ4v) is 4.68. The van der Waals surface area contributed by atoms with E-state index in [1.54, 1.807) is 19.1 Å². The number of hydrogen-bond donors (Lipinski definition) is 1. The number of anilines is 1. The van der Waals surface area contributed by atoms with Crippen molar-refractivity contribution in [2.24, 2.45) is 5.92 Å². The standard InChI is InChI=1S/C25H31N3O4/c1-31-20-9-7-8-19(15-20)28-17-18(14-24(28)29)25(30)26-16-22(27-12-5-6-13-27)21-10-3-4-11-23(21)32-2/h3-4,7-11,15,18,22H,5-6,12-14,16-17H2,1-2H3,(H,26,30). The molecule has 1 N–H and O–H groups in total. The molecule has 2 saturated heterocycles. The Bertz CT molecular complexity index is 958. The van der Waals surface area contributed by atoms with Gasteiger partial charge in [0.15, 0.2) is 0 Å². The van der Waals surface area contributed by atoms with Gasteiger partial charge in [-0.05, 0) is 44.1 Å². The second-order valence-electron chi connectivity index (χ2n) is 8.35. The van der Waals surface area contributed by atoms with Crippen molar-refractivity contribution >= 4 is 17.5 Å². The molecule has 2 unspecified atom stereocenters. The van der Waals surface area contributed by atoms with Gasteiger partial charge in [0.2, 0.25) is 11.8 Å². The summed E-state index contributed by atoms with van der Waals surface area (Å²) < 4.78 is 10.9. The van der Waals surface area contributed by atoms with Crippen molar-refractivity contribution < 1.29 is 19.1 Å². The van der Waals surface area contributed by atoms with E-state index in [1.807, 2.05) is 42.5 Å². The number of methoxy groups -OCH3 is 2. The molecule has 0 aliphatic carbocycles. The summed E-state index contributed by atoms with van der Waals surface area (Å²) in [6.07, 6.45) is 2.53. The normalized spacial score (nSPS) is 19.8. The lowest BCUT2D eigenvalue weighted by Crippen LogP contribution is -2.40. The monoisotopic (exact) mass is 437 g/mol. The third-order valence-electron chi connectivity index (χ3n) is 6.41. The first-order valence-electron chi connectivity index (χ1n) is 11.2. The van der Waals surface area contributed by atoms with Crippen LogP contribution >= 0.6 is 0 Å². The maximum atomic E-state index is 13.0. The highest BCUT2D eigenvalue weighted by atomic mass is 16.5. The lowest BCUT2D eigenvalue weighted by molar-refractivity contribution is -0.126. The summed E-state index contributed by atoms with van der Waals surface area (Å²) in [4.78, 5) is 29.7. The lowest BCUT2D eigenvalue weighted by Gasteiger charge is -2.29. The molecule has 2 heterocycles. The Morgan fingerprint density at radius 3 is 2.62 bits per heavy atom. The third kappa shape index (κ3) is 4.72. The fraction of sp³-hybridized carbons (Fsp3) is 0.440. The Morgan fingerprint density at radius 1 is 1.09 bits per heavy atom. The minimum atomic E-state index is -0.370. The average Bonchev–Trinajstić information content (AvgIpc) is 3.49. The van der Waals surface area contributed by atoms with Gasteiger partial charge in [-0.25, -0.2) is 0 Å². The van der Waals surface area contributed by atoms with Gasteiger partial charge < -0.3 is 19.7 Å². The van der Waals surface area contributed by atoms with Crippen molar-refractivity contribution in [1.29, 1.82) is 0 Å². The molecule has 0 aromatic heterocycles. The molecule has 0 spiro atoms. The number of carbonyl (C=O) groups is 2. The molecule has 0 bridgehead atoms. The molecular weight excluding hydrogens is 406 g/mol. The van der Waals surface area contributed by atoms with Crippen molar-refractivity contribution in [2.45, 2.75) is 25.3 Å². The Balaban J connectivity index is 1.43. The van der Waals surface area contributed by atoms with E-state index in [2.05, 4.69) is 16.3 Å². The second kappa shape index (κ2) is 10.0. The highest BCUT2D eigenvalue weighted by molar-refractivity contribution is 6.00. The predicted molar refractivity (Wildman–Crippen MR) is 123 cm³/mol. The second-order valence-corrected chi connectivity index (χ2v) is 8.35. The van der Waals surface area contributed by atoms with Gasteiger partial charge in [-0.3, -0.25) is 14.5 Å². The van der Waals surface area contributed by atoms with Gasteiger partial charge >= 0.3 is 0 Å². The first kappa shape index (κ1) is 22.1. The van der Waals surface area contributed by atoms with E-state index < -0.39 is 0 Å². The highest BCUT2D eigenvalue weighted by Gasteiger charge is 2.36. The molecule has 2 aliphatic heterocycles. The zero-order valence-electron chi connectivity index (χ0n) is 18.8. The summed E-state index contributed by atoms with van der Waals surface area (Å²) in [5, 5.41) is 3.13. The highest BCUT2D eigenvalue weighted by Crippen LogP contribution is 2.32. The number of rotatable bonds is 8. The Kier molecular flexibility index (Phi) is 6.95. The van der Waals surface area contributed by atoms with E-state index in [4.69, 9.17) is 9.47 Å². The Morgan fingerprint density at radius 2 is 1.88 bits per heavy atom. The topological polar surface area (TPSA) is 71.1 Å². The lowest BCUT2D eigenvalue weighted by atomic mass is 10.0. The van der Waals surface area contributed by atoms with Crippen molar-refractivity contribution in [3.63, 3.8) is 0 Å². The van der Waals surface area contributed by atoms with Crippen LogP contribution < -0.4 is 19.7 Å². The molecule has 0 saturated carbocycles. The summed E-state index contributed by atoms with van der Waals surface area (Å²) >= 11 is 0. The number of benzene rings is 2. The number of nitrogens with one attached hydrogen (secondary N) is 1. The number of carbonyl (C=O) groups excluding carboxylic acids is 2. The number of amides is 2. The first-order chi connectivity index (χ1) is 15.6. The van der Waals surface area contributed by atoms with Crippen LogP contribution in [-0.2, 0) is 9.59 Å². The van der Waals surface area contributed by atoms with Crippen LogP contribution in [0.2, 0.25) is 0 Å².